The third kappa shape index (κ3) is 3.28. The first-order valence-electron chi connectivity index (χ1n) is 3.64. The van der Waals surface area contributed by atoms with Crippen molar-refractivity contribution >= 4 is 6.34 Å². The highest BCUT2D eigenvalue weighted by Gasteiger charge is 1.93. The molecule has 0 unspecified atom stereocenters. The molecule has 10 heavy (non-hydrogen) atoms. The molecule has 0 heterocycles. The Bertz CT molecular complexity index is 127. The Labute approximate surface area is 63.3 Å². The van der Waals surface area contributed by atoms with Crippen LogP contribution in [0.4, 0.5) is 0 Å². The topological polar surface area (TPSA) is 15.6 Å². The largest absolute Gasteiger partial charge is 0.338 e. The molecule has 0 saturated carbocycles. The highest BCUT2D eigenvalue weighted by atomic mass is 15.1. The van der Waals surface area contributed by atoms with E-state index in [1.165, 1.54) is 0 Å². The van der Waals surface area contributed by atoms with Crippen molar-refractivity contribution in [2.75, 3.05) is 13.1 Å². The lowest BCUT2D eigenvalue weighted by atomic mass is 10.5. The van der Waals surface area contributed by atoms with Gasteiger partial charge < -0.3 is 4.90 Å². The lowest BCUT2D eigenvalue weighted by Gasteiger charge is -2.15. The molecule has 0 aliphatic carbocycles. The smallest absolute Gasteiger partial charge is 0.0891 e. The van der Waals surface area contributed by atoms with Gasteiger partial charge in [0.2, 0.25) is 0 Å². The van der Waals surface area contributed by atoms with Crippen LogP contribution < -0.4 is 0 Å². The fraction of sp³-hybridized carbons (Fsp3) is 0.625. The van der Waals surface area contributed by atoms with E-state index in [2.05, 4.69) is 18.5 Å². The lowest BCUT2D eigenvalue weighted by molar-refractivity contribution is 0.559. The minimum Gasteiger partial charge on any atom is -0.338 e. The van der Waals surface area contributed by atoms with E-state index in [0.29, 0.717) is 0 Å². The van der Waals surface area contributed by atoms with Crippen molar-refractivity contribution in [1.82, 2.24) is 4.90 Å². The number of aliphatic imine (C=N–C) groups is 1. The van der Waals surface area contributed by atoms with Crippen molar-refractivity contribution in [3.63, 3.8) is 0 Å². The standard InChI is InChI=1S/C8H16N2/c1-5-9-7-10(6-2)8(3)4/h7H,3,5-6H2,1-2,4H3. The Hall–Kier alpha value is -0.790. The molecule has 0 radical (unpaired) electrons. The molecule has 0 amide bonds. The third-order valence-corrected chi connectivity index (χ3v) is 1.23. The molecule has 2 heteroatoms. The van der Waals surface area contributed by atoms with Crippen molar-refractivity contribution in [2.45, 2.75) is 20.8 Å². The minimum absolute atomic E-state index is 0.837. The van der Waals surface area contributed by atoms with Crippen LogP contribution in [0.2, 0.25) is 0 Å². The van der Waals surface area contributed by atoms with Crippen molar-refractivity contribution in [3.05, 3.63) is 12.3 Å². The van der Waals surface area contributed by atoms with Gasteiger partial charge in [-0.1, -0.05) is 6.58 Å². The molecular weight excluding hydrogens is 124 g/mol. The summed E-state index contributed by atoms with van der Waals surface area (Å²) in [4.78, 5) is 6.12. The second-order valence-electron chi connectivity index (χ2n) is 2.14. The van der Waals surface area contributed by atoms with Gasteiger partial charge in [0.05, 0.1) is 6.34 Å². The van der Waals surface area contributed by atoms with E-state index in [1.807, 2.05) is 25.1 Å². The summed E-state index contributed by atoms with van der Waals surface area (Å²) in [7, 11) is 0. The van der Waals surface area contributed by atoms with E-state index in [-0.39, 0.29) is 0 Å². The number of nitrogens with zero attached hydrogens (tertiary/aromatic N) is 2. The lowest BCUT2D eigenvalue weighted by Crippen LogP contribution is -2.18. The van der Waals surface area contributed by atoms with Crippen molar-refractivity contribution in [1.29, 1.82) is 0 Å². The Kier molecular flexibility index (Phi) is 4.63. The fourth-order valence-corrected chi connectivity index (χ4v) is 0.630. The summed E-state index contributed by atoms with van der Waals surface area (Å²) < 4.78 is 0. The molecule has 0 fully saturated rings. The Balaban J connectivity index is 3.83. The molecular formula is C8H16N2. The van der Waals surface area contributed by atoms with E-state index in [1.54, 1.807) is 0 Å². The van der Waals surface area contributed by atoms with Crippen LogP contribution in [-0.4, -0.2) is 24.3 Å². The molecule has 2 nitrogen and oxygen atoms in total. The van der Waals surface area contributed by atoms with Crippen molar-refractivity contribution in [2.24, 2.45) is 4.99 Å². The van der Waals surface area contributed by atoms with Crippen LogP contribution in [-0.2, 0) is 0 Å². The molecule has 0 aromatic heterocycles. The monoisotopic (exact) mass is 140 g/mol. The molecule has 0 aromatic carbocycles. The summed E-state index contributed by atoms with van der Waals surface area (Å²) in [5, 5.41) is 0. The summed E-state index contributed by atoms with van der Waals surface area (Å²) in [5.41, 5.74) is 1.04. The molecule has 0 saturated heterocycles. The first-order chi connectivity index (χ1) is 4.72. The van der Waals surface area contributed by atoms with Gasteiger partial charge in [0.25, 0.3) is 0 Å². The Morgan fingerprint density at radius 1 is 1.60 bits per heavy atom. The van der Waals surface area contributed by atoms with Crippen LogP contribution in [0, 0.1) is 0 Å². The zero-order chi connectivity index (χ0) is 7.98. The van der Waals surface area contributed by atoms with Crippen LogP contribution in [0.5, 0.6) is 0 Å². The maximum Gasteiger partial charge on any atom is 0.0891 e. The SMILES string of the molecule is C=C(C)N(C=NCC)CC. The maximum absolute atomic E-state index is 4.10. The molecule has 0 bridgehead atoms. The summed E-state index contributed by atoms with van der Waals surface area (Å²) in [6.45, 7) is 11.7. The Morgan fingerprint density at radius 3 is 2.50 bits per heavy atom. The molecule has 0 atom stereocenters. The molecule has 0 N–H and O–H groups in total. The van der Waals surface area contributed by atoms with Crippen LogP contribution >= 0.6 is 0 Å². The van der Waals surface area contributed by atoms with E-state index >= 15 is 0 Å². The van der Waals surface area contributed by atoms with Crippen LogP contribution in [0.3, 0.4) is 0 Å². The van der Waals surface area contributed by atoms with Crippen molar-refractivity contribution in [3.8, 4) is 0 Å². The van der Waals surface area contributed by atoms with E-state index < -0.39 is 0 Å². The normalized spacial score (nSPS) is 10.3. The third-order valence-electron chi connectivity index (χ3n) is 1.23. The zero-order valence-corrected chi connectivity index (χ0v) is 7.09. The first kappa shape index (κ1) is 9.21. The minimum atomic E-state index is 0.837. The fourth-order valence-electron chi connectivity index (χ4n) is 0.630. The van der Waals surface area contributed by atoms with Gasteiger partial charge in [0, 0.05) is 18.8 Å². The predicted molar refractivity (Wildman–Crippen MR) is 46.2 cm³/mol. The van der Waals surface area contributed by atoms with Gasteiger partial charge in [-0.2, -0.15) is 0 Å². The molecule has 0 aromatic rings. The van der Waals surface area contributed by atoms with Crippen molar-refractivity contribution < 1.29 is 0 Å². The van der Waals surface area contributed by atoms with Gasteiger partial charge in [-0.25, -0.2) is 0 Å². The average molecular weight is 140 g/mol. The second-order valence-corrected chi connectivity index (χ2v) is 2.14. The highest BCUT2D eigenvalue weighted by Crippen LogP contribution is 1.94. The molecule has 0 aliphatic rings. The van der Waals surface area contributed by atoms with Gasteiger partial charge in [0.1, 0.15) is 0 Å². The average Bonchev–Trinajstić information content (AvgIpc) is 1.89. The van der Waals surface area contributed by atoms with Crippen LogP contribution in [0.15, 0.2) is 17.3 Å². The van der Waals surface area contributed by atoms with Crippen LogP contribution in [0.25, 0.3) is 0 Å². The van der Waals surface area contributed by atoms with Gasteiger partial charge >= 0.3 is 0 Å². The van der Waals surface area contributed by atoms with Gasteiger partial charge in [-0.3, -0.25) is 4.99 Å². The summed E-state index contributed by atoms with van der Waals surface area (Å²) in [5.74, 6) is 0. The molecule has 0 rings (SSSR count). The number of hydrogen-bond acceptors (Lipinski definition) is 1. The maximum atomic E-state index is 4.10. The number of rotatable bonds is 4. The first-order valence-corrected chi connectivity index (χ1v) is 3.64. The summed E-state index contributed by atoms with van der Waals surface area (Å²) in [6.07, 6.45) is 1.84. The quantitative estimate of drug-likeness (QED) is 0.430. The van der Waals surface area contributed by atoms with E-state index in [0.717, 1.165) is 18.8 Å². The Morgan fingerprint density at radius 2 is 2.20 bits per heavy atom. The van der Waals surface area contributed by atoms with Gasteiger partial charge in [-0.15, -0.1) is 0 Å². The predicted octanol–water partition coefficient (Wildman–Crippen LogP) is 1.89. The summed E-state index contributed by atoms with van der Waals surface area (Å²) >= 11 is 0. The molecule has 0 aliphatic heterocycles. The molecule has 58 valence electrons. The van der Waals surface area contributed by atoms with Gasteiger partial charge in [-0.05, 0) is 20.8 Å². The second kappa shape index (κ2) is 5.03. The molecule has 0 spiro atoms. The number of allylic oxidation sites excluding steroid dienone is 1. The van der Waals surface area contributed by atoms with E-state index in [4.69, 9.17) is 0 Å². The number of hydrogen-bond donors (Lipinski definition) is 0. The zero-order valence-electron chi connectivity index (χ0n) is 7.09. The van der Waals surface area contributed by atoms with Gasteiger partial charge in [0.15, 0.2) is 0 Å². The van der Waals surface area contributed by atoms with Crippen LogP contribution in [0.1, 0.15) is 20.8 Å². The highest BCUT2D eigenvalue weighted by molar-refractivity contribution is 5.57. The summed E-state index contributed by atoms with van der Waals surface area (Å²) in [6, 6.07) is 0. The van der Waals surface area contributed by atoms with E-state index in [9.17, 15) is 0 Å².